The molecule has 2 aromatic rings. The molecule has 4 rings (SSSR count). The summed E-state index contributed by atoms with van der Waals surface area (Å²) in [6, 6.07) is 12.4. The first-order valence-corrected chi connectivity index (χ1v) is 13.3. The summed E-state index contributed by atoms with van der Waals surface area (Å²) in [6.45, 7) is 6.57. The van der Waals surface area contributed by atoms with Crippen molar-refractivity contribution in [2.24, 2.45) is 15.2 Å². The first kappa shape index (κ1) is 23.6. The summed E-state index contributed by atoms with van der Waals surface area (Å²) in [7, 11) is -3.99. The molecule has 0 radical (unpaired) electrons. The molecule has 2 heterocycles. The van der Waals surface area contributed by atoms with Gasteiger partial charge in [0.2, 0.25) is 10.0 Å². The first-order chi connectivity index (χ1) is 15.9. The van der Waals surface area contributed by atoms with Gasteiger partial charge in [-0.2, -0.15) is 5.10 Å². The number of aliphatic imine (C=N–C) groups is 1. The summed E-state index contributed by atoms with van der Waals surface area (Å²) in [5.41, 5.74) is 8.20. The molecule has 8 heteroatoms. The molecule has 2 aromatic carbocycles. The van der Waals surface area contributed by atoms with E-state index >= 15 is 0 Å². The first-order valence-electron chi connectivity index (χ1n) is 11.7. The fraction of sp³-hybridized carbons (Fsp3) is 0.440. The maximum absolute atomic E-state index is 12.8. The third-order valence-electron chi connectivity index (χ3n) is 6.41. The molecule has 0 saturated carbocycles. The van der Waals surface area contributed by atoms with Crippen LogP contribution >= 0.6 is 0 Å². The van der Waals surface area contributed by atoms with Crippen LogP contribution in [0.5, 0.6) is 0 Å². The van der Waals surface area contributed by atoms with E-state index in [0.29, 0.717) is 35.8 Å². The van der Waals surface area contributed by atoms with Crippen molar-refractivity contribution in [3.05, 3.63) is 53.1 Å². The molecule has 7 nitrogen and oxygen atoms in total. The predicted octanol–water partition coefficient (Wildman–Crippen LogP) is 3.54. The normalized spacial score (nSPS) is 17.7. The number of hydrogen-bond donors (Lipinski definition) is 3. The van der Waals surface area contributed by atoms with Crippen molar-refractivity contribution in [3.8, 4) is 11.1 Å². The van der Waals surface area contributed by atoms with Gasteiger partial charge >= 0.3 is 0 Å². The van der Waals surface area contributed by atoms with Crippen LogP contribution in [0.15, 0.2) is 51.4 Å². The topological polar surface area (TPSA) is 109 Å². The Morgan fingerprint density at radius 2 is 1.82 bits per heavy atom. The van der Waals surface area contributed by atoms with Gasteiger partial charge in [-0.15, -0.1) is 0 Å². The molecule has 1 fully saturated rings. The Hall–Kier alpha value is -2.55. The molecule has 0 atom stereocenters. The van der Waals surface area contributed by atoms with Crippen molar-refractivity contribution in [3.63, 3.8) is 0 Å². The SMILES string of the molecule is CCCc1ccc(-c2ccc(C3CCNCC3)cc2)c(C2=NCCC(C)=NN2)c1S(N)(=O)=O. The zero-order chi connectivity index (χ0) is 23.4. The molecule has 0 amide bonds. The molecule has 0 bridgehead atoms. The van der Waals surface area contributed by atoms with E-state index in [-0.39, 0.29) is 4.90 Å². The van der Waals surface area contributed by atoms with Crippen LogP contribution in [0, 0.1) is 0 Å². The van der Waals surface area contributed by atoms with Crippen LogP contribution in [0.25, 0.3) is 11.1 Å². The van der Waals surface area contributed by atoms with Gasteiger partial charge in [-0.3, -0.25) is 10.4 Å². The second-order valence-electron chi connectivity index (χ2n) is 8.86. The summed E-state index contributed by atoms with van der Waals surface area (Å²) >= 11 is 0. The van der Waals surface area contributed by atoms with Gasteiger partial charge in [-0.1, -0.05) is 49.7 Å². The fourth-order valence-electron chi connectivity index (χ4n) is 4.69. The standard InChI is InChI=1S/C25H33N5O2S/c1-3-4-21-9-10-22(20-7-5-18(6-8-20)19-12-14-27-15-13-19)23(24(21)33(26,31)32)25-28-16-11-17(2)29-30-25/h5-10,19,27H,3-4,11-16H2,1-2H3,(H,28,30)(H2,26,31,32). The second-order valence-corrected chi connectivity index (χ2v) is 10.4. The zero-order valence-corrected chi connectivity index (χ0v) is 20.2. The smallest absolute Gasteiger partial charge is 0.239 e. The molecule has 4 N–H and O–H groups in total. The summed E-state index contributed by atoms with van der Waals surface area (Å²) in [5.74, 6) is 1.00. The maximum Gasteiger partial charge on any atom is 0.239 e. The molecule has 0 aliphatic carbocycles. The highest BCUT2D eigenvalue weighted by Crippen LogP contribution is 2.34. The lowest BCUT2D eigenvalue weighted by Gasteiger charge is -2.23. The van der Waals surface area contributed by atoms with Crippen LogP contribution in [0.2, 0.25) is 0 Å². The Bertz CT molecular complexity index is 1160. The van der Waals surface area contributed by atoms with Crippen LogP contribution in [-0.2, 0) is 16.4 Å². The number of hydrazone groups is 1. The third-order valence-corrected chi connectivity index (χ3v) is 7.44. The molecule has 2 aliphatic rings. The third kappa shape index (κ3) is 5.34. The highest BCUT2D eigenvalue weighted by Gasteiger charge is 2.26. The van der Waals surface area contributed by atoms with Gasteiger partial charge in [0.05, 0.1) is 4.90 Å². The number of sulfonamides is 1. The second kappa shape index (κ2) is 10.2. The maximum atomic E-state index is 12.8. The molecule has 33 heavy (non-hydrogen) atoms. The summed E-state index contributed by atoms with van der Waals surface area (Å²) in [6.07, 6.45) is 4.40. The van der Waals surface area contributed by atoms with Crippen molar-refractivity contribution in [1.29, 1.82) is 0 Å². The van der Waals surface area contributed by atoms with Gasteiger partial charge in [0.1, 0.15) is 0 Å². The zero-order valence-electron chi connectivity index (χ0n) is 19.4. The Morgan fingerprint density at radius 1 is 1.09 bits per heavy atom. The van der Waals surface area contributed by atoms with E-state index in [9.17, 15) is 8.42 Å². The number of rotatable bonds is 6. The molecule has 0 aromatic heterocycles. The minimum Gasteiger partial charge on any atom is -0.317 e. The summed E-state index contributed by atoms with van der Waals surface area (Å²) < 4.78 is 25.7. The summed E-state index contributed by atoms with van der Waals surface area (Å²) in [4.78, 5) is 4.80. The van der Waals surface area contributed by atoms with E-state index in [0.717, 1.165) is 55.6 Å². The van der Waals surface area contributed by atoms with Gasteiger partial charge in [0.25, 0.3) is 0 Å². The number of benzene rings is 2. The number of piperidine rings is 1. The molecule has 176 valence electrons. The average Bonchev–Trinajstić information content (AvgIpc) is 3.03. The molecule has 2 aliphatic heterocycles. The van der Waals surface area contributed by atoms with Crippen LogP contribution in [0.3, 0.4) is 0 Å². The van der Waals surface area contributed by atoms with Crippen molar-refractivity contribution < 1.29 is 8.42 Å². The quantitative estimate of drug-likeness (QED) is 0.604. The van der Waals surface area contributed by atoms with Crippen LogP contribution in [0.1, 0.15) is 62.1 Å². The lowest BCUT2D eigenvalue weighted by molar-refractivity contribution is 0.460. The summed E-state index contributed by atoms with van der Waals surface area (Å²) in [5, 5.41) is 13.6. The lowest BCUT2D eigenvalue weighted by Crippen LogP contribution is -2.26. The Balaban J connectivity index is 1.86. The fourth-order valence-corrected chi connectivity index (χ4v) is 5.71. The monoisotopic (exact) mass is 467 g/mol. The van der Waals surface area contributed by atoms with Gasteiger partial charge in [0, 0.05) is 24.2 Å². The number of aryl methyl sites for hydroxylation is 1. The number of amidine groups is 1. The Labute approximate surface area is 196 Å². The van der Waals surface area contributed by atoms with Crippen LogP contribution in [0.4, 0.5) is 0 Å². The van der Waals surface area contributed by atoms with Gasteiger partial charge in [0.15, 0.2) is 5.84 Å². The van der Waals surface area contributed by atoms with Crippen molar-refractivity contribution in [2.75, 3.05) is 19.6 Å². The number of nitrogens with two attached hydrogens (primary N) is 1. The number of nitrogens with zero attached hydrogens (tertiary/aromatic N) is 2. The Morgan fingerprint density at radius 3 is 2.48 bits per heavy atom. The van der Waals surface area contributed by atoms with Crippen molar-refractivity contribution >= 4 is 21.6 Å². The van der Waals surface area contributed by atoms with Gasteiger partial charge < -0.3 is 5.32 Å². The molecule has 1 saturated heterocycles. The lowest BCUT2D eigenvalue weighted by atomic mass is 9.88. The number of nitrogens with one attached hydrogen (secondary N) is 2. The minimum atomic E-state index is -3.99. The van der Waals surface area contributed by atoms with E-state index in [1.165, 1.54) is 5.56 Å². The van der Waals surface area contributed by atoms with Crippen molar-refractivity contribution in [2.45, 2.75) is 56.8 Å². The van der Waals surface area contributed by atoms with Crippen molar-refractivity contribution in [1.82, 2.24) is 10.7 Å². The molecular weight excluding hydrogens is 434 g/mol. The number of primary sulfonamides is 1. The minimum absolute atomic E-state index is 0.144. The van der Waals surface area contributed by atoms with E-state index in [1.807, 2.05) is 26.0 Å². The van der Waals surface area contributed by atoms with Crippen LogP contribution in [-0.4, -0.2) is 39.6 Å². The highest BCUT2D eigenvalue weighted by molar-refractivity contribution is 7.89. The molecule has 0 spiro atoms. The highest BCUT2D eigenvalue weighted by atomic mass is 32.2. The van der Waals surface area contributed by atoms with E-state index in [2.05, 4.69) is 45.1 Å². The molecular formula is C25H33N5O2S. The van der Waals surface area contributed by atoms with Gasteiger partial charge in [-0.25, -0.2) is 13.6 Å². The predicted molar refractivity (Wildman–Crippen MR) is 134 cm³/mol. The van der Waals surface area contributed by atoms with E-state index in [1.54, 1.807) is 0 Å². The largest absolute Gasteiger partial charge is 0.317 e. The number of hydrogen-bond acceptors (Lipinski definition) is 6. The van der Waals surface area contributed by atoms with E-state index in [4.69, 9.17) is 5.14 Å². The Kier molecular flexibility index (Phi) is 7.26. The average molecular weight is 468 g/mol. The van der Waals surface area contributed by atoms with Gasteiger partial charge in [-0.05, 0) is 67.4 Å². The van der Waals surface area contributed by atoms with E-state index < -0.39 is 10.0 Å². The molecule has 0 unspecified atom stereocenters. The van der Waals surface area contributed by atoms with Crippen LogP contribution < -0.4 is 15.9 Å².